The van der Waals surface area contributed by atoms with Crippen molar-refractivity contribution >= 4 is 6.98 Å². The zero-order valence-electron chi connectivity index (χ0n) is 9.33. The van der Waals surface area contributed by atoms with E-state index in [4.69, 9.17) is 4.74 Å². The third kappa shape index (κ3) is 8.78. The molecule has 0 aromatic heterocycles. The Kier molecular flexibility index (Phi) is 9.08. The van der Waals surface area contributed by atoms with Gasteiger partial charge >= 0.3 is 58.4 Å². The van der Waals surface area contributed by atoms with Gasteiger partial charge in [-0.25, -0.2) is 0 Å². The molecule has 16 heavy (non-hydrogen) atoms. The molecule has 0 bridgehead atoms. The summed E-state index contributed by atoms with van der Waals surface area (Å²) in [5.74, 6) is 0. The van der Waals surface area contributed by atoms with Crippen molar-refractivity contribution < 1.29 is 69.1 Å². The molecule has 1 aromatic carbocycles. The second-order valence-electron chi connectivity index (χ2n) is 3.39. The summed E-state index contributed by atoms with van der Waals surface area (Å²) in [6.07, 6.45) is -0.662. The van der Waals surface area contributed by atoms with Crippen molar-refractivity contribution in [1.82, 2.24) is 0 Å². The van der Waals surface area contributed by atoms with Gasteiger partial charge in [-0.2, -0.15) is 0 Å². The molecule has 0 radical (unpaired) electrons. The van der Waals surface area contributed by atoms with Gasteiger partial charge in [-0.15, -0.1) is 0 Å². The molecule has 1 nitrogen and oxygen atoms in total. The fraction of sp³-hybridized carbons (Fsp3) is 0.400. The van der Waals surface area contributed by atoms with Crippen LogP contribution < -0.4 is 51.4 Å². The smallest absolute Gasteiger partial charge is 0.449 e. The van der Waals surface area contributed by atoms with Crippen LogP contribution in [0, 0.1) is 0 Å². The molecule has 0 N–H and O–H groups in total. The summed E-state index contributed by atoms with van der Waals surface area (Å²) in [5.41, 5.74) is 0.981. The predicted octanol–water partition coefficient (Wildman–Crippen LogP) is 0.445. The zero-order chi connectivity index (χ0) is 11.1. The fourth-order valence-electron chi connectivity index (χ4n) is 1.18. The molecule has 1 rings (SSSR count). The van der Waals surface area contributed by atoms with E-state index in [1.807, 2.05) is 30.3 Å². The Bertz CT molecular complexity index is 279. The van der Waals surface area contributed by atoms with Crippen LogP contribution in [0.2, 0.25) is 6.32 Å². The van der Waals surface area contributed by atoms with E-state index >= 15 is 0 Å². The molecule has 0 spiro atoms. The van der Waals surface area contributed by atoms with Crippen LogP contribution in [0.1, 0.15) is 12.0 Å². The van der Waals surface area contributed by atoms with Crippen molar-refractivity contribution in [2.45, 2.75) is 19.3 Å². The summed E-state index contributed by atoms with van der Waals surface area (Å²) in [7, 11) is 0. The van der Waals surface area contributed by atoms with Crippen LogP contribution in [-0.2, 0) is 11.3 Å². The average Bonchev–Trinajstić information content (AvgIpc) is 2.17. The second kappa shape index (κ2) is 8.72. The minimum absolute atomic E-state index is 0. The van der Waals surface area contributed by atoms with Gasteiger partial charge in [0.1, 0.15) is 0 Å². The minimum Gasteiger partial charge on any atom is -0.449 e. The molecule has 0 heterocycles. The Labute approximate surface area is 136 Å². The number of benzene rings is 1. The molecule has 0 aliphatic heterocycles. The first kappa shape index (κ1) is 16.7. The van der Waals surface area contributed by atoms with Crippen LogP contribution in [0.25, 0.3) is 0 Å². The quantitative estimate of drug-likeness (QED) is 0.530. The van der Waals surface area contributed by atoms with Gasteiger partial charge in [0, 0.05) is 6.61 Å². The van der Waals surface area contributed by atoms with Crippen molar-refractivity contribution in [3.8, 4) is 0 Å². The Morgan fingerprint density at radius 2 is 1.69 bits per heavy atom. The Balaban J connectivity index is 0.00000225. The minimum atomic E-state index is -4.66. The molecular weight excluding hydrogens is 243 g/mol. The van der Waals surface area contributed by atoms with Crippen LogP contribution in [0.15, 0.2) is 30.3 Å². The summed E-state index contributed by atoms with van der Waals surface area (Å²) in [6, 6.07) is 9.39. The van der Waals surface area contributed by atoms with Gasteiger partial charge < -0.3 is 17.7 Å². The SMILES string of the molecule is F[B-](F)(F)CCCOCc1ccccc1.[K+]. The van der Waals surface area contributed by atoms with Crippen LogP contribution >= 0.6 is 0 Å². The molecule has 0 atom stereocenters. The molecule has 0 aliphatic carbocycles. The zero-order valence-corrected chi connectivity index (χ0v) is 12.5. The van der Waals surface area contributed by atoms with Gasteiger partial charge in [-0.1, -0.05) is 43.1 Å². The van der Waals surface area contributed by atoms with E-state index in [9.17, 15) is 12.9 Å². The van der Waals surface area contributed by atoms with E-state index in [1.165, 1.54) is 0 Å². The third-order valence-electron chi connectivity index (χ3n) is 1.93. The monoisotopic (exact) mass is 256 g/mol. The van der Waals surface area contributed by atoms with Crippen molar-refractivity contribution in [3.05, 3.63) is 35.9 Å². The van der Waals surface area contributed by atoms with E-state index in [1.54, 1.807) is 0 Å². The van der Waals surface area contributed by atoms with Gasteiger partial charge in [0.05, 0.1) is 6.61 Å². The summed E-state index contributed by atoms with van der Waals surface area (Å²) >= 11 is 0. The van der Waals surface area contributed by atoms with Crippen molar-refractivity contribution in [1.29, 1.82) is 0 Å². The molecule has 0 aliphatic rings. The molecule has 84 valence electrons. The van der Waals surface area contributed by atoms with E-state index in [0.29, 0.717) is 6.61 Å². The maximum atomic E-state index is 11.8. The van der Waals surface area contributed by atoms with Crippen LogP contribution in [0.3, 0.4) is 0 Å². The summed E-state index contributed by atoms with van der Waals surface area (Å²) in [4.78, 5) is 0. The van der Waals surface area contributed by atoms with Crippen molar-refractivity contribution in [2.24, 2.45) is 0 Å². The van der Waals surface area contributed by atoms with Gasteiger partial charge in [0.2, 0.25) is 0 Å². The number of hydrogen-bond donors (Lipinski definition) is 0. The topological polar surface area (TPSA) is 9.23 Å². The predicted molar refractivity (Wildman–Crippen MR) is 54.6 cm³/mol. The molecule has 0 saturated carbocycles. The summed E-state index contributed by atoms with van der Waals surface area (Å²) < 4.78 is 40.6. The van der Waals surface area contributed by atoms with Crippen LogP contribution in [-0.4, -0.2) is 13.6 Å². The molecule has 1 aromatic rings. The third-order valence-corrected chi connectivity index (χ3v) is 1.93. The van der Waals surface area contributed by atoms with Gasteiger partial charge in [-0.05, 0) is 5.56 Å². The normalized spacial score (nSPS) is 10.9. The molecule has 6 heteroatoms. The number of ether oxygens (including phenoxy) is 1. The largest absolute Gasteiger partial charge is 1.00 e. The van der Waals surface area contributed by atoms with Crippen molar-refractivity contribution in [3.63, 3.8) is 0 Å². The number of halogens is 3. The van der Waals surface area contributed by atoms with E-state index < -0.39 is 13.3 Å². The molecular formula is C10H13BF3KO. The first-order chi connectivity index (χ1) is 7.08. The van der Waals surface area contributed by atoms with E-state index in [0.717, 1.165) is 5.56 Å². The summed E-state index contributed by atoms with van der Waals surface area (Å²) in [6.45, 7) is -4.11. The van der Waals surface area contributed by atoms with Gasteiger partial charge in [-0.3, -0.25) is 0 Å². The van der Waals surface area contributed by atoms with Crippen LogP contribution in [0.4, 0.5) is 12.9 Å². The molecule has 0 fully saturated rings. The maximum Gasteiger partial charge on any atom is 1.00 e. The fourth-order valence-corrected chi connectivity index (χ4v) is 1.18. The average molecular weight is 256 g/mol. The maximum absolute atomic E-state index is 11.8. The number of rotatable bonds is 6. The summed E-state index contributed by atoms with van der Waals surface area (Å²) in [5, 5.41) is 0. The first-order valence-electron chi connectivity index (χ1n) is 4.90. The Hall–Kier alpha value is 0.671. The molecule has 0 unspecified atom stereocenters. The van der Waals surface area contributed by atoms with Gasteiger partial charge in [0.15, 0.2) is 0 Å². The van der Waals surface area contributed by atoms with E-state index in [-0.39, 0.29) is 64.4 Å². The molecule has 0 saturated heterocycles. The number of hydrogen-bond acceptors (Lipinski definition) is 1. The Morgan fingerprint density at radius 3 is 2.25 bits per heavy atom. The van der Waals surface area contributed by atoms with Crippen LogP contribution in [0.5, 0.6) is 0 Å². The Morgan fingerprint density at radius 1 is 1.06 bits per heavy atom. The second-order valence-corrected chi connectivity index (χ2v) is 3.39. The first-order valence-corrected chi connectivity index (χ1v) is 4.90. The standard InChI is InChI=1S/C10H13BF3O.K/c12-11(13,14)7-4-8-15-9-10-5-2-1-3-6-10;/h1-3,5-6H,4,7-9H2;/q-1;+1. The van der Waals surface area contributed by atoms with Gasteiger partial charge in [0.25, 0.3) is 0 Å². The van der Waals surface area contributed by atoms with E-state index in [2.05, 4.69) is 0 Å². The molecule has 0 amide bonds. The van der Waals surface area contributed by atoms with Crippen molar-refractivity contribution in [2.75, 3.05) is 6.61 Å².